The predicted octanol–water partition coefficient (Wildman–Crippen LogP) is 3.59. The van der Waals surface area contributed by atoms with E-state index < -0.39 is 4.92 Å². The number of rotatable bonds is 6. The number of ether oxygens (including phenoxy) is 1. The minimum atomic E-state index is -0.442. The molecule has 1 aliphatic rings. The molecule has 1 heterocycles. The molecule has 0 aliphatic heterocycles. The number of nitrogens with zero attached hydrogens (tertiary/aromatic N) is 2. The maximum atomic E-state index is 10.9. The van der Waals surface area contributed by atoms with Gasteiger partial charge in [0, 0.05) is 35.7 Å². The third-order valence-corrected chi connectivity index (χ3v) is 5.15. The largest absolute Gasteiger partial charge is 0.490 e. The van der Waals surface area contributed by atoms with Crippen molar-refractivity contribution in [2.24, 2.45) is 0 Å². The lowest BCUT2D eigenvalue weighted by atomic mass is 10.0. The van der Waals surface area contributed by atoms with Gasteiger partial charge in [0.1, 0.15) is 0 Å². The number of aryl methyl sites for hydroxylation is 2. The molecule has 0 saturated carbocycles. The van der Waals surface area contributed by atoms with Gasteiger partial charge in [-0.15, -0.1) is 11.3 Å². The van der Waals surface area contributed by atoms with Crippen LogP contribution in [0, 0.1) is 10.1 Å². The quantitative estimate of drug-likeness (QED) is 0.645. The number of aromatic nitrogens is 1. The fourth-order valence-corrected chi connectivity index (χ4v) is 3.92. The van der Waals surface area contributed by atoms with E-state index in [9.17, 15) is 10.1 Å². The number of methoxy groups -OCH3 is 1. The Bertz CT molecular complexity index is 691. The lowest BCUT2D eigenvalue weighted by Gasteiger charge is -2.07. The van der Waals surface area contributed by atoms with Gasteiger partial charge < -0.3 is 10.1 Å². The van der Waals surface area contributed by atoms with E-state index in [-0.39, 0.29) is 11.4 Å². The molecule has 6 nitrogen and oxygen atoms in total. The molecule has 23 heavy (non-hydrogen) atoms. The van der Waals surface area contributed by atoms with E-state index in [1.807, 2.05) is 11.3 Å². The first-order chi connectivity index (χ1) is 11.2. The normalized spacial score (nSPS) is 13.4. The maximum absolute atomic E-state index is 10.9. The summed E-state index contributed by atoms with van der Waals surface area (Å²) in [5.74, 6) is 0.268. The van der Waals surface area contributed by atoms with E-state index in [4.69, 9.17) is 9.72 Å². The third-order valence-electron chi connectivity index (χ3n) is 3.93. The highest BCUT2D eigenvalue weighted by molar-refractivity contribution is 7.11. The molecule has 3 rings (SSSR count). The number of benzene rings is 1. The first-order valence-electron chi connectivity index (χ1n) is 7.71. The Hall–Kier alpha value is -2.15. The average molecular weight is 333 g/mol. The molecule has 0 spiro atoms. The zero-order valence-electron chi connectivity index (χ0n) is 13.0. The van der Waals surface area contributed by atoms with Crippen LogP contribution in [0.1, 0.15) is 28.4 Å². The van der Waals surface area contributed by atoms with Gasteiger partial charge >= 0.3 is 5.69 Å². The van der Waals surface area contributed by atoms with Crippen molar-refractivity contribution in [3.63, 3.8) is 0 Å². The molecule has 7 heteroatoms. The van der Waals surface area contributed by atoms with Gasteiger partial charge in [0.2, 0.25) is 0 Å². The van der Waals surface area contributed by atoms with Gasteiger partial charge in [-0.1, -0.05) is 0 Å². The second-order valence-electron chi connectivity index (χ2n) is 5.51. The molecule has 1 N–H and O–H groups in total. The van der Waals surface area contributed by atoms with Crippen molar-refractivity contribution in [3.8, 4) is 5.75 Å². The van der Waals surface area contributed by atoms with E-state index in [1.54, 1.807) is 12.1 Å². The van der Waals surface area contributed by atoms with Crippen LogP contribution in [0.2, 0.25) is 0 Å². The molecule has 0 atom stereocenters. The summed E-state index contributed by atoms with van der Waals surface area (Å²) in [6, 6.07) is 4.82. The van der Waals surface area contributed by atoms with Gasteiger partial charge in [0.05, 0.1) is 22.7 Å². The molecular formula is C16H19N3O3S. The van der Waals surface area contributed by atoms with Crippen LogP contribution in [-0.4, -0.2) is 23.6 Å². The molecule has 0 unspecified atom stereocenters. The molecule has 2 aromatic rings. The van der Waals surface area contributed by atoms with Crippen LogP contribution in [0.3, 0.4) is 0 Å². The van der Waals surface area contributed by atoms with Crippen molar-refractivity contribution in [1.29, 1.82) is 0 Å². The molecule has 0 radical (unpaired) electrons. The van der Waals surface area contributed by atoms with E-state index in [2.05, 4.69) is 5.32 Å². The molecule has 122 valence electrons. The van der Waals surface area contributed by atoms with Gasteiger partial charge in [-0.25, -0.2) is 4.98 Å². The zero-order chi connectivity index (χ0) is 16.2. The Kier molecular flexibility index (Phi) is 4.76. The van der Waals surface area contributed by atoms with Crippen molar-refractivity contribution in [2.45, 2.75) is 32.1 Å². The predicted molar refractivity (Wildman–Crippen MR) is 90.6 cm³/mol. The topological polar surface area (TPSA) is 77.3 Å². The average Bonchev–Trinajstić information content (AvgIpc) is 2.97. The molecule has 0 bridgehead atoms. The monoisotopic (exact) mass is 333 g/mol. The minimum Gasteiger partial charge on any atom is -0.490 e. The van der Waals surface area contributed by atoms with Gasteiger partial charge in [-0.2, -0.15) is 0 Å². The first-order valence-corrected chi connectivity index (χ1v) is 8.53. The van der Waals surface area contributed by atoms with Crippen molar-refractivity contribution in [2.75, 3.05) is 19.0 Å². The summed E-state index contributed by atoms with van der Waals surface area (Å²) in [4.78, 5) is 16.6. The van der Waals surface area contributed by atoms with Crippen LogP contribution in [0.4, 0.5) is 11.4 Å². The van der Waals surface area contributed by atoms with E-state index in [0.717, 1.165) is 25.1 Å². The lowest BCUT2D eigenvalue weighted by molar-refractivity contribution is -0.385. The Balaban J connectivity index is 1.60. The number of thiazole rings is 1. The Morgan fingerprint density at radius 2 is 2.22 bits per heavy atom. The van der Waals surface area contributed by atoms with Crippen molar-refractivity contribution >= 4 is 22.7 Å². The van der Waals surface area contributed by atoms with Gasteiger partial charge in [-0.05, 0) is 31.7 Å². The first kappa shape index (κ1) is 15.7. The van der Waals surface area contributed by atoms with Crippen LogP contribution < -0.4 is 10.1 Å². The molecule has 0 amide bonds. The van der Waals surface area contributed by atoms with Gasteiger partial charge in [0.25, 0.3) is 0 Å². The highest BCUT2D eigenvalue weighted by Crippen LogP contribution is 2.30. The lowest BCUT2D eigenvalue weighted by Crippen LogP contribution is -2.05. The fourth-order valence-electron chi connectivity index (χ4n) is 2.76. The van der Waals surface area contributed by atoms with Crippen molar-refractivity contribution in [3.05, 3.63) is 43.9 Å². The van der Waals surface area contributed by atoms with Crippen molar-refractivity contribution in [1.82, 2.24) is 4.98 Å². The highest BCUT2D eigenvalue weighted by Gasteiger charge is 2.16. The Morgan fingerprint density at radius 1 is 1.39 bits per heavy atom. The number of nitro benzene ring substituents is 1. The molecule has 1 aromatic carbocycles. The summed E-state index contributed by atoms with van der Waals surface area (Å²) >= 11 is 1.82. The van der Waals surface area contributed by atoms with Crippen LogP contribution in [0.5, 0.6) is 5.75 Å². The summed E-state index contributed by atoms with van der Waals surface area (Å²) in [5.41, 5.74) is 2.08. The Morgan fingerprint density at radius 3 is 2.96 bits per heavy atom. The highest BCUT2D eigenvalue weighted by atomic mass is 32.1. The Labute approximate surface area is 138 Å². The van der Waals surface area contributed by atoms with Gasteiger partial charge in [0.15, 0.2) is 5.75 Å². The molecule has 1 aromatic heterocycles. The van der Waals surface area contributed by atoms with Crippen LogP contribution in [0.15, 0.2) is 18.2 Å². The molecule has 0 saturated heterocycles. The van der Waals surface area contributed by atoms with Crippen molar-refractivity contribution < 1.29 is 9.66 Å². The standard InChI is InChI=1S/C16H19N3O3S/c1-22-14-10-11(6-7-13(14)19(20)21)17-9-8-16-18-12-4-2-3-5-15(12)23-16/h6-7,10,17H,2-5,8-9H2,1H3. The minimum absolute atomic E-state index is 0.0225. The second kappa shape index (κ2) is 6.95. The second-order valence-corrected chi connectivity index (χ2v) is 6.67. The van der Waals surface area contributed by atoms with Crippen LogP contribution >= 0.6 is 11.3 Å². The number of nitrogens with one attached hydrogen (secondary N) is 1. The van der Waals surface area contributed by atoms with Crippen LogP contribution in [-0.2, 0) is 19.3 Å². The summed E-state index contributed by atoms with van der Waals surface area (Å²) in [6.45, 7) is 0.743. The summed E-state index contributed by atoms with van der Waals surface area (Å²) in [7, 11) is 1.44. The number of anilines is 1. The van der Waals surface area contributed by atoms with Gasteiger partial charge in [-0.3, -0.25) is 10.1 Å². The van der Waals surface area contributed by atoms with E-state index >= 15 is 0 Å². The summed E-state index contributed by atoms with van der Waals surface area (Å²) < 4.78 is 5.08. The summed E-state index contributed by atoms with van der Waals surface area (Å²) in [5, 5.41) is 15.3. The molecular weight excluding hydrogens is 314 g/mol. The third kappa shape index (κ3) is 3.61. The number of nitro groups is 1. The number of fused-ring (bicyclic) bond motifs is 1. The van der Waals surface area contributed by atoms with Crippen LogP contribution in [0.25, 0.3) is 0 Å². The SMILES string of the molecule is COc1cc(NCCc2nc3c(s2)CCCC3)ccc1[N+](=O)[O-]. The maximum Gasteiger partial charge on any atom is 0.311 e. The smallest absolute Gasteiger partial charge is 0.311 e. The summed E-state index contributed by atoms with van der Waals surface area (Å²) in [6.07, 6.45) is 5.66. The molecule has 1 aliphatic carbocycles. The van der Waals surface area contributed by atoms with E-state index in [0.29, 0.717) is 0 Å². The zero-order valence-corrected chi connectivity index (χ0v) is 13.8. The number of hydrogen-bond acceptors (Lipinski definition) is 6. The number of hydrogen-bond donors (Lipinski definition) is 1. The molecule has 0 fully saturated rings. The van der Waals surface area contributed by atoms with E-state index in [1.165, 1.54) is 48.0 Å². The fraction of sp³-hybridized carbons (Fsp3) is 0.438.